The van der Waals surface area contributed by atoms with Gasteiger partial charge in [0.25, 0.3) is 0 Å². The number of carbonyl (C=O) groups is 1. The van der Waals surface area contributed by atoms with E-state index in [1.165, 1.54) is 0 Å². The van der Waals surface area contributed by atoms with Crippen molar-refractivity contribution in [2.75, 3.05) is 19.0 Å². The molecular weight excluding hydrogens is 188 g/mol. The molecule has 1 aromatic carbocycles. The maximum absolute atomic E-state index is 10.5. The summed E-state index contributed by atoms with van der Waals surface area (Å²) in [6.07, 6.45) is 0.103. The van der Waals surface area contributed by atoms with Gasteiger partial charge in [-0.15, -0.1) is 0 Å². The molecule has 2 N–H and O–H groups in total. The molecule has 1 rings (SSSR count). The predicted octanol–water partition coefficient (Wildman–Crippen LogP) is 0.980. The molecule has 3 nitrogen and oxygen atoms in total. The van der Waals surface area contributed by atoms with Crippen LogP contribution in [0.2, 0.25) is 0 Å². The highest BCUT2D eigenvalue weighted by Crippen LogP contribution is 2.12. The number of hydrogen-bond acceptors (Lipinski definition) is 2. The highest BCUT2D eigenvalue weighted by molar-refractivity contribution is 5.76. The Hall–Kier alpha value is -1.95. The van der Waals surface area contributed by atoms with Gasteiger partial charge in [0.1, 0.15) is 0 Å². The second-order valence-electron chi connectivity index (χ2n) is 3.39. The van der Waals surface area contributed by atoms with E-state index in [2.05, 4.69) is 11.8 Å². The first-order valence-electron chi connectivity index (χ1n) is 4.64. The molecule has 0 aliphatic heterocycles. The summed E-state index contributed by atoms with van der Waals surface area (Å²) in [5, 5.41) is 0. The molecule has 15 heavy (non-hydrogen) atoms. The Labute approximate surface area is 89.9 Å². The van der Waals surface area contributed by atoms with Gasteiger partial charge in [0, 0.05) is 25.3 Å². The van der Waals surface area contributed by atoms with Crippen molar-refractivity contribution in [1.29, 1.82) is 0 Å². The van der Waals surface area contributed by atoms with Crippen LogP contribution in [0.3, 0.4) is 0 Å². The third kappa shape index (κ3) is 3.74. The van der Waals surface area contributed by atoms with Crippen LogP contribution in [0.4, 0.5) is 5.69 Å². The smallest absolute Gasteiger partial charge is 0.229 e. The van der Waals surface area contributed by atoms with E-state index in [9.17, 15) is 4.79 Å². The number of carbonyl (C=O) groups excluding carboxylic acids is 1. The van der Waals surface area contributed by atoms with Crippen LogP contribution in [0.25, 0.3) is 0 Å². The van der Waals surface area contributed by atoms with Gasteiger partial charge in [0.2, 0.25) is 5.91 Å². The van der Waals surface area contributed by atoms with Crippen LogP contribution in [0.15, 0.2) is 24.3 Å². The lowest BCUT2D eigenvalue weighted by molar-refractivity contribution is -0.117. The number of benzene rings is 1. The topological polar surface area (TPSA) is 46.3 Å². The number of nitrogens with zero attached hydrogens (tertiary/aromatic N) is 1. The second kappa shape index (κ2) is 5.06. The Morgan fingerprint density at radius 1 is 1.47 bits per heavy atom. The molecule has 3 heteroatoms. The maximum atomic E-state index is 10.5. The lowest BCUT2D eigenvalue weighted by Crippen LogP contribution is -2.08. The van der Waals surface area contributed by atoms with Crippen molar-refractivity contribution in [1.82, 2.24) is 0 Å². The fraction of sp³-hybridized carbons (Fsp3) is 0.250. The number of anilines is 1. The van der Waals surface area contributed by atoms with Crippen LogP contribution < -0.4 is 10.6 Å². The van der Waals surface area contributed by atoms with Crippen LogP contribution in [0.5, 0.6) is 0 Å². The van der Waals surface area contributed by atoms with Crippen molar-refractivity contribution < 1.29 is 4.79 Å². The highest BCUT2D eigenvalue weighted by Gasteiger charge is 1.94. The number of nitrogens with two attached hydrogens (primary N) is 1. The van der Waals surface area contributed by atoms with Gasteiger partial charge in [-0.1, -0.05) is 17.9 Å². The summed E-state index contributed by atoms with van der Waals surface area (Å²) in [5.74, 6) is 5.22. The molecule has 0 atom stereocenters. The minimum Gasteiger partial charge on any atom is -0.378 e. The Balaban J connectivity index is 2.80. The molecule has 0 aliphatic carbocycles. The van der Waals surface area contributed by atoms with Gasteiger partial charge in [0.05, 0.1) is 6.42 Å². The van der Waals surface area contributed by atoms with E-state index >= 15 is 0 Å². The quantitative estimate of drug-likeness (QED) is 0.727. The maximum Gasteiger partial charge on any atom is 0.229 e. The summed E-state index contributed by atoms with van der Waals surface area (Å²) in [5.41, 5.74) is 6.96. The van der Waals surface area contributed by atoms with Crippen molar-refractivity contribution >= 4 is 11.6 Å². The van der Waals surface area contributed by atoms with E-state index < -0.39 is 5.91 Å². The van der Waals surface area contributed by atoms with Crippen LogP contribution in [-0.2, 0) is 4.79 Å². The predicted molar refractivity (Wildman–Crippen MR) is 61.5 cm³/mol. The Morgan fingerprint density at radius 2 is 2.20 bits per heavy atom. The number of primary amides is 1. The number of amides is 1. The van der Waals surface area contributed by atoms with Crippen molar-refractivity contribution in [2.45, 2.75) is 6.42 Å². The van der Waals surface area contributed by atoms with Crippen LogP contribution in [-0.4, -0.2) is 20.0 Å². The second-order valence-corrected chi connectivity index (χ2v) is 3.39. The summed E-state index contributed by atoms with van der Waals surface area (Å²) in [7, 11) is 3.94. The Morgan fingerprint density at radius 3 is 2.80 bits per heavy atom. The number of hydrogen-bond donors (Lipinski definition) is 1. The lowest BCUT2D eigenvalue weighted by Gasteiger charge is -2.11. The first kappa shape index (κ1) is 11.1. The standard InChI is InChI=1S/C12H14N2O/c1-14(2)11-7-3-5-10(9-11)6-4-8-12(13)15/h3,5,7,9H,8H2,1-2H3,(H2,13,15). The first-order chi connectivity index (χ1) is 7.09. The first-order valence-corrected chi connectivity index (χ1v) is 4.64. The van der Waals surface area contributed by atoms with E-state index in [0.29, 0.717) is 0 Å². The van der Waals surface area contributed by atoms with E-state index in [4.69, 9.17) is 5.73 Å². The lowest BCUT2D eigenvalue weighted by atomic mass is 10.2. The molecule has 0 bridgehead atoms. The Kier molecular flexibility index (Phi) is 3.75. The molecule has 0 fully saturated rings. The molecule has 1 aromatic rings. The van der Waals surface area contributed by atoms with Crippen molar-refractivity contribution in [2.24, 2.45) is 5.73 Å². The molecule has 1 amide bonds. The SMILES string of the molecule is CN(C)c1cccc(C#CCC(N)=O)c1. The zero-order valence-corrected chi connectivity index (χ0v) is 8.95. The summed E-state index contributed by atoms with van der Waals surface area (Å²) in [6, 6.07) is 7.80. The van der Waals surface area contributed by atoms with Gasteiger partial charge in [-0.25, -0.2) is 0 Å². The van der Waals surface area contributed by atoms with Gasteiger partial charge in [-0.2, -0.15) is 0 Å². The van der Waals surface area contributed by atoms with Gasteiger partial charge in [-0.05, 0) is 18.2 Å². The summed E-state index contributed by atoms with van der Waals surface area (Å²) in [4.78, 5) is 12.5. The third-order valence-corrected chi connectivity index (χ3v) is 1.86. The van der Waals surface area contributed by atoms with Gasteiger partial charge in [-0.3, -0.25) is 4.79 Å². The minimum atomic E-state index is -0.397. The van der Waals surface area contributed by atoms with Crippen LogP contribution >= 0.6 is 0 Å². The monoisotopic (exact) mass is 202 g/mol. The van der Waals surface area contributed by atoms with E-state index in [-0.39, 0.29) is 6.42 Å². The largest absolute Gasteiger partial charge is 0.378 e. The molecule has 0 aromatic heterocycles. The molecule has 78 valence electrons. The van der Waals surface area contributed by atoms with E-state index in [1.54, 1.807) is 0 Å². The average molecular weight is 202 g/mol. The highest BCUT2D eigenvalue weighted by atomic mass is 16.1. The molecule has 0 spiro atoms. The fourth-order valence-corrected chi connectivity index (χ4v) is 1.10. The van der Waals surface area contributed by atoms with Crippen LogP contribution in [0, 0.1) is 11.8 Å². The molecule has 0 radical (unpaired) electrons. The van der Waals surface area contributed by atoms with Crippen molar-refractivity contribution in [3.8, 4) is 11.8 Å². The zero-order chi connectivity index (χ0) is 11.3. The summed E-state index contributed by atoms with van der Waals surface area (Å²) < 4.78 is 0. The average Bonchev–Trinajstić information content (AvgIpc) is 2.17. The third-order valence-electron chi connectivity index (χ3n) is 1.86. The minimum absolute atomic E-state index is 0.103. The summed E-state index contributed by atoms with van der Waals surface area (Å²) >= 11 is 0. The van der Waals surface area contributed by atoms with Crippen LogP contribution in [0.1, 0.15) is 12.0 Å². The van der Waals surface area contributed by atoms with Gasteiger partial charge >= 0.3 is 0 Å². The van der Waals surface area contributed by atoms with Crippen molar-refractivity contribution in [3.05, 3.63) is 29.8 Å². The van der Waals surface area contributed by atoms with Gasteiger partial charge in [0.15, 0.2) is 0 Å². The molecule has 0 aliphatic rings. The van der Waals surface area contributed by atoms with Crippen molar-refractivity contribution in [3.63, 3.8) is 0 Å². The fourth-order valence-electron chi connectivity index (χ4n) is 1.10. The normalized spacial score (nSPS) is 8.93. The molecular formula is C12H14N2O. The molecule has 0 saturated carbocycles. The van der Waals surface area contributed by atoms with Gasteiger partial charge < -0.3 is 10.6 Å². The summed E-state index contributed by atoms with van der Waals surface area (Å²) in [6.45, 7) is 0. The zero-order valence-electron chi connectivity index (χ0n) is 8.95. The Bertz CT molecular complexity index is 413. The van der Waals surface area contributed by atoms with E-state index in [0.717, 1.165) is 11.3 Å². The van der Waals surface area contributed by atoms with E-state index in [1.807, 2.05) is 43.3 Å². The molecule has 0 unspecified atom stereocenters. The number of rotatable bonds is 2. The molecule has 0 heterocycles. The molecule has 0 saturated heterocycles.